The number of carbonyl (C=O) groups excluding carboxylic acids is 1. The average Bonchev–Trinajstić information content (AvgIpc) is 2.56. The number of aryl methyl sites for hydroxylation is 1. The Hall–Kier alpha value is -2.48. The minimum Gasteiger partial charge on any atom is -0.333 e. The number of nitriles is 1. The topological polar surface area (TPSA) is 64.9 Å². The van der Waals surface area contributed by atoms with Gasteiger partial charge in [-0.3, -0.25) is 0 Å². The van der Waals surface area contributed by atoms with E-state index in [1.54, 1.807) is 30.3 Å². The maximum Gasteiger partial charge on any atom is 0.319 e. The molecular formula is C18H15Cl2N3O. The minimum absolute atomic E-state index is 0.0904. The highest BCUT2D eigenvalue weighted by Gasteiger charge is 2.05. The summed E-state index contributed by atoms with van der Waals surface area (Å²) in [5.41, 5.74) is 2.62. The van der Waals surface area contributed by atoms with Crippen LogP contribution in [0.1, 0.15) is 11.1 Å². The van der Waals surface area contributed by atoms with Crippen LogP contribution in [-0.4, -0.2) is 12.6 Å². The second-order valence-corrected chi connectivity index (χ2v) is 5.89. The molecule has 0 aliphatic heterocycles. The summed E-state index contributed by atoms with van der Waals surface area (Å²) >= 11 is 12.1. The van der Waals surface area contributed by atoms with Gasteiger partial charge in [-0.1, -0.05) is 47.5 Å². The molecule has 122 valence electrons. The lowest BCUT2D eigenvalue weighted by Crippen LogP contribution is -2.30. The molecule has 0 atom stereocenters. The molecule has 24 heavy (non-hydrogen) atoms. The highest BCUT2D eigenvalue weighted by molar-refractivity contribution is 6.32. The number of halogens is 2. The average molecular weight is 360 g/mol. The molecule has 0 aliphatic carbocycles. The first-order valence-electron chi connectivity index (χ1n) is 7.16. The number of hydrogen-bond acceptors (Lipinski definition) is 2. The number of nitrogens with zero attached hydrogens (tertiary/aromatic N) is 1. The molecule has 0 aliphatic rings. The summed E-state index contributed by atoms with van der Waals surface area (Å²) in [6, 6.07) is 14.0. The molecule has 2 N–H and O–H groups in total. The highest BCUT2D eigenvalue weighted by atomic mass is 35.5. The minimum atomic E-state index is -0.421. The van der Waals surface area contributed by atoms with E-state index in [1.807, 2.05) is 25.1 Å². The van der Waals surface area contributed by atoms with E-state index in [4.69, 9.17) is 23.2 Å². The largest absolute Gasteiger partial charge is 0.333 e. The monoisotopic (exact) mass is 359 g/mol. The Morgan fingerprint density at radius 2 is 1.96 bits per heavy atom. The smallest absolute Gasteiger partial charge is 0.319 e. The van der Waals surface area contributed by atoms with Gasteiger partial charge in [-0.05, 0) is 42.3 Å². The van der Waals surface area contributed by atoms with E-state index >= 15 is 0 Å². The number of urea groups is 1. The van der Waals surface area contributed by atoms with E-state index in [2.05, 4.69) is 16.7 Å². The van der Waals surface area contributed by atoms with Crippen molar-refractivity contribution in [3.05, 3.63) is 69.2 Å². The molecule has 0 radical (unpaired) electrons. The lowest BCUT2D eigenvalue weighted by molar-refractivity contribution is 0.253. The van der Waals surface area contributed by atoms with Gasteiger partial charge in [0.05, 0.1) is 12.6 Å². The summed E-state index contributed by atoms with van der Waals surface area (Å²) in [4.78, 5) is 11.9. The number of nitrogens with one attached hydrogen (secondary N) is 2. The van der Waals surface area contributed by atoms with Gasteiger partial charge in [0.2, 0.25) is 0 Å². The van der Waals surface area contributed by atoms with Gasteiger partial charge < -0.3 is 10.6 Å². The molecule has 0 spiro atoms. The van der Waals surface area contributed by atoms with E-state index in [9.17, 15) is 10.1 Å². The van der Waals surface area contributed by atoms with Crippen LogP contribution in [0.15, 0.2) is 48.0 Å². The second kappa shape index (κ2) is 8.39. The van der Waals surface area contributed by atoms with Crippen LogP contribution in [-0.2, 0) is 0 Å². The van der Waals surface area contributed by atoms with Crippen molar-refractivity contribution in [1.82, 2.24) is 5.32 Å². The Balaban J connectivity index is 1.98. The SMILES string of the molecule is Cc1ccc(NC(=O)NC/C(C#N)=C\c2ccccc2Cl)cc1Cl. The third-order valence-corrected chi connectivity index (χ3v) is 4.00. The zero-order valence-corrected chi connectivity index (χ0v) is 14.4. The molecule has 6 heteroatoms. The van der Waals surface area contributed by atoms with Crippen LogP contribution >= 0.6 is 23.2 Å². The van der Waals surface area contributed by atoms with Crippen molar-refractivity contribution in [3.8, 4) is 6.07 Å². The molecule has 2 aromatic rings. The molecule has 0 bridgehead atoms. The summed E-state index contributed by atoms with van der Waals surface area (Å²) < 4.78 is 0. The molecule has 4 nitrogen and oxygen atoms in total. The fourth-order valence-electron chi connectivity index (χ4n) is 1.92. The Bertz CT molecular complexity index is 825. The van der Waals surface area contributed by atoms with Crippen LogP contribution in [0, 0.1) is 18.3 Å². The van der Waals surface area contributed by atoms with E-state index in [0.717, 1.165) is 11.1 Å². The third-order valence-electron chi connectivity index (χ3n) is 3.25. The molecule has 2 amide bonds. The van der Waals surface area contributed by atoms with Gasteiger partial charge in [0.1, 0.15) is 0 Å². The summed E-state index contributed by atoms with van der Waals surface area (Å²) in [7, 11) is 0. The molecule has 2 aromatic carbocycles. The third kappa shape index (κ3) is 5.02. The number of benzene rings is 2. The summed E-state index contributed by atoms with van der Waals surface area (Å²) in [5.74, 6) is 0. The second-order valence-electron chi connectivity index (χ2n) is 5.07. The van der Waals surface area contributed by atoms with Crippen LogP contribution in [0.25, 0.3) is 6.08 Å². The molecule has 2 rings (SSSR count). The Kier molecular flexibility index (Phi) is 6.25. The van der Waals surface area contributed by atoms with E-state index < -0.39 is 6.03 Å². The first-order valence-corrected chi connectivity index (χ1v) is 7.91. The first-order chi connectivity index (χ1) is 11.5. The summed E-state index contributed by atoms with van der Waals surface area (Å²) in [6.45, 7) is 1.97. The van der Waals surface area contributed by atoms with Gasteiger partial charge >= 0.3 is 6.03 Å². The van der Waals surface area contributed by atoms with Crippen molar-refractivity contribution in [2.24, 2.45) is 0 Å². The lowest BCUT2D eigenvalue weighted by Gasteiger charge is -2.08. The predicted molar refractivity (Wildman–Crippen MR) is 98.3 cm³/mol. The predicted octanol–water partition coefficient (Wildman–Crippen LogP) is 5.03. The first kappa shape index (κ1) is 17.9. The zero-order chi connectivity index (χ0) is 17.5. The number of rotatable bonds is 4. The quantitative estimate of drug-likeness (QED) is 0.751. The number of carbonyl (C=O) groups is 1. The van der Waals surface area contributed by atoms with Crippen molar-refractivity contribution < 1.29 is 4.79 Å². The molecular weight excluding hydrogens is 345 g/mol. The van der Waals surface area contributed by atoms with Crippen LogP contribution in [0.5, 0.6) is 0 Å². The van der Waals surface area contributed by atoms with Gasteiger partial charge in [-0.25, -0.2) is 4.79 Å². The van der Waals surface area contributed by atoms with Crippen molar-refractivity contribution in [3.63, 3.8) is 0 Å². The van der Waals surface area contributed by atoms with Gasteiger partial charge in [0.25, 0.3) is 0 Å². The number of amides is 2. The van der Waals surface area contributed by atoms with Crippen molar-refractivity contribution in [1.29, 1.82) is 5.26 Å². The zero-order valence-electron chi connectivity index (χ0n) is 12.9. The molecule has 0 saturated carbocycles. The van der Waals surface area contributed by atoms with Gasteiger partial charge in [-0.2, -0.15) is 5.26 Å². The number of anilines is 1. The van der Waals surface area contributed by atoms with Crippen molar-refractivity contribution in [2.75, 3.05) is 11.9 Å². The molecule has 0 heterocycles. The Morgan fingerprint density at radius 3 is 2.62 bits per heavy atom. The summed E-state index contributed by atoms with van der Waals surface area (Å²) in [5, 5.41) is 15.6. The normalized spacial score (nSPS) is 10.8. The highest BCUT2D eigenvalue weighted by Crippen LogP contribution is 2.20. The Labute approximate surface area is 150 Å². The molecule has 0 fully saturated rings. The fourth-order valence-corrected chi connectivity index (χ4v) is 2.29. The Morgan fingerprint density at radius 1 is 1.21 bits per heavy atom. The van der Waals surface area contributed by atoms with Crippen molar-refractivity contribution >= 4 is 41.0 Å². The molecule has 0 unspecified atom stereocenters. The molecule has 0 saturated heterocycles. The van der Waals surface area contributed by atoms with Crippen LogP contribution in [0.4, 0.5) is 10.5 Å². The van der Waals surface area contributed by atoms with E-state index in [1.165, 1.54) is 0 Å². The van der Waals surface area contributed by atoms with Crippen molar-refractivity contribution in [2.45, 2.75) is 6.92 Å². The fraction of sp³-hybridized carbons (Fsp3) is 0.111. The molecule has 0 aromatic heterocycles. The lowest BCUT2D eigenvalue weighted by atomic mass is 10.1. The maximum atomic E-state index is 11.9. The standard InChI is InChI=1S/C18H15Cl2N3O/c1-12-6-7-15(9-17(12)20)23-18(24)22-11-13(10-21)8-14-4-2-3-5-16(14)19/h2-9H,11H2,1H3,(H2,22,23,24)/b13-8-. The van der Waals surface area contributed by atoms with E-state index in [-0.39, 0.29) is 6.54 Å². The van der Waals surface area contributed by atoms with Gasteiger partial charge in [-0.15, -0.1) is 0 Å². The summed E-state index contributed by atoms with van der Waals surface area (Å²) in [6.07, 6.45) is 1.64. The number of hydrogen-bond donors (Lipinski definition) is 2. The van der Waals surface area contributed by atoms with Crippen LogP contribution in [0.3, 0.4) is 0 Å². The van der Waals surface area contributed by atoms with Gasteiger partial charge in [0.15, 0.2) is 0 Å². The van der Waals surface area contributed by atoms with Gasteiger partial charge in [0, 0.05) is 21.3 Å². The van der Waals surface area contributed by atoms with Crippen LogP contribution < -0.4 is 10.6 Å². The van der Waals surface area contributed by atoms with E-state index in [0.29, 0.717) is 21.3 Å². The van der Waals surface area contributed by atoms with Crippen LogP contribution in [0.2, 0.25) is 10.0 Å². The maximum absolute atomic E-state index is 11.9.